The topological polar surface area (TPSA) is 69.4 Å². The molecule has 0 saturated heterocycles. The SMILES string of the molecule is COc1cc(Cl)c([N+](=O)[O-])cc1C(=O)Cl. The van der Waals surface area contributed by atoms with E-state index in [-0.39, 0.29) is 22.0 Å². The molecule has 15 heavy (non-hydrogen) atoms. The first-order valence-corrected chi connectivity index (χ1v) is 4.44. The first kappa shape index (κ1) is 11.7. The van der Waals surface area contributed by atoms with E-state index < -0.39 is 10.2 Å². The number of nitrogens with zero attached hydrogens (tertiary/aromatic N) is 1. The lowest BCUT2D eigenvalue weighted by atomic mass is 10.2. The average Bonchev–Trinajstić information content (AvgIpc) is 2.16. The Hall–Kier alpha value is -1.33. The summed E-state index contributed by atoms with van der Waals surface area (Å²) in [6.07, 6.45) is 0. The summed E-state index contributed by atoms with van der Waals surface area (Å²) in [6, 6.07) is 2.16. The molecule has 0 unspecified atom stereocenters. The predicted molar refractivity (Wildman–Crippen MR) is 54.8 cm³/mol. The summed E-state index contributed by atoms with van der Waals surface area (Å²) >= 11 is 10.8. The van der Waals surface area contributed by atoms with Gasteiger partial charge in [-0.1, -0.05) is 11.6 Å². The molecule has 0 atom stereocenters. The molecule has 0 N–H and O–H groups in total. The Bertz CT molecular complexity index is 433. The van der Waals surface area contributed by atoms with Crippen molar-refractivity contribution in [2.24, 2.45) is 0 Å². The second-order valence-electron chi connectivity index (χ2n) is 2.53. The van der Waals surface area contributed by atoms with E-state index in [0.29, 0.717) is 0 Å². The summed E-state index contributed by atoms with van der Waals surface area (Å²) in [5.41, 5.74) is -0.475. The van der Waals surface area contributed by atoms with Gasteiger partial charge in [0.2, 0.25) is 0 Å². The Morgan fingerprint density at radius 3 is 2.53 bits per heavy atom. The molecule has 1 rings (SSSR count). The van der Waals surface area contributed by atoms with Crippen LogP contribution in [-0.2, 0) is 0 Å². The normalized spacial score (nSPS) is 9.80. The van der Waals surface area contributed by atoms with Crippen molar-refractivity contribution in [3.05, 3.63) is 32.8 Å². The second-order valence-corrected chi connectivity index (χ2v) is 3.29. The number of rotatable bonds is 3. The molecule has 0 radical (unpaired) electrons. The van der Waals surface area contributed by atoms with Crippen molar-refractivity contribution in [1.82, 2.24) is 0 Å². The fraction of sp³-hybridized carbons (Fsp3) is 0.125. The number of hydrogen-bond donors (Lipinski definition) is 0. The highest BCUT2D eigenvalue weighted by Gasteiger charge is 2.20. The molecule has 1 aromatic carbocycles. The van der Waals surface area contributed by atoms with Crippen LogP contribution < -0.4 is 4.74 Å². The zero-order chi connectivity index (χ0) is 11.6. The molecule has 0 saturated carbocycles. The molecule has 0 fully saturated rings. The van der Waals surface area contributed by atoms with Crippen LogP contribution in [0.25, 0.3) is 0 Å². The molecular formula is C8H5Cl2NO4. The number of nitro benzene ring substituents is 1. The van der Waals surface area contributed by atoms with Crippen molar-refractivity contribution in [3.63, 3.8) is 0 Å². The maximum absolute atomic E-state index is 10.9. The fourth-order valence-electron chi connectivity index (χ4n) is 1.01. The van der Waals surface area contributed by atoms with Gasteiger partial charge in [0.05, 0.1) is 17.6 Å². The largest absolute Gasteiger partial charge is 0.496 e. The van der Waals surface area contributed by atoms with Crippen LogP contribution in [0.1, 0.15) is 10.4 Å². The Morgan fingerprint density at radius 1 is 1.53 bits per heavy atom. The van der Waals surface area contributed by atoms with E-state index in [1.807, 2.05) is 0 Å². The number of methoxy groups -OCH3 is 1. The van der Waals surface area contributed by atoms with Crippen LogP contribution in [0.15, 0.2) is 12.1 Å². The van der Waals surface area contributed by atoms with Crippen LogP contribution in [-0.4, -0.2) is 17.3 Å². The zero-order valence-corrected chi connectivity index (χ0v) is 9.00. The van der Waals surface area contributed by atoms with Crippen LogP contribution in [0.3, 0.4) is 0 Å². The van der Waals surface area contributed by atoms with Gasteiger partial charge in [-0.15, -0.1) is 0 Å². The van der Waals surface area contributed by atoms with Crippen molar-refractivity contribution >= 4 is 34.1 Å². The molecule has 7 heteroatoms. The van der Waals surface area contributed by atoms with Crippen LogP contribution in [0.2, 0.25) is 5.02 Å². The van der Waals surface area contributed by atoms with E-state index in [2.05, 4.69) is 0 Å². The summed E-state index contributed by atoms with van der Waals surface area (Å²) in [7, 11) is 1.31. The van der Waals surface area contributed by atoms with Gasteiger partial charge in [-0.2, -0.15) is 0 Å². The highest BCUT2D eigenvalue weighted by atomic mass is 35.5. The summed E-state index contributed by atoms with van der Waals surface area (Å²) in [6.45, 7) is 0. The molecule has 0 aromatic heterocycles. The maximum atomic E-state index is 10.9. The predicted octanol–water partition coefficient (Wildman–Crippen LogP) is 2.64. The van der Waals surface area contributed by atoms with E-state index in [0.717, 1.165) is 6.07 Å². The van der Waals surface area contributed by atoms with Crippen molar-refractivity contribution in [1.29, 1.82) is 0 Å². The monoisotopic (exact) mass is 249 g/mol. The summed E-state index contributed by atoms with van der Waals surface area (Å²) in [5, 5.41) is 9.57. The minimum atomic E-state index is -0.841. The molecule has 0 aliphatic heterocycles. The standard InChI is InChI=1S/C8H5Cl2NO4/c1-15-7-3-5(9)6(11(13)14)2-4(7)8(10)12/h2-3H,1H3. The lowest BCUT2D eigenvalue weighted by Crippen LogP contribution is -1.98. The molecule has 1 aromatic rings. The van der Waals surface area contributed by atoms with Gasteiger partial charge in [0.25, 0.3) is 10.9 Å². The Balaban J connectivity index is 3.43. The van der Waals surface area contributed by atoms with Gasteiger partial charge in [-0.3, -0.25) is 14.9 Å². The molecule has 0 amide bonds. The van der Waals surface area contributed by atoms with E-state index in [4.69, 9.17) is 27.9 Å². The van der Waals surface area contributed by atoms with Gasteiger partial charge in [0, 0.05) is 12.1 Å². The van der Waals surface area contributed by atoms with E-state index in [9.17, 15) is 14.9 Å². The summed E-state index contributed by atoms with van der Waals surface area (Å²) < 4.78 is 4.81. The van der Waals surface area contributed by atoms with E-state index >= 15 is 0 Å². The fourth-order valence-corrected chi connectivity index (χ4v) is 1.38. The average molecular weight is 250 g/mol. The lowest BCUT2D eigenvalue weighted by Gasteiger charge is -2.05. The van der Waals surface area contributed by atoms with Crippen LogP contribution in [0.5, 0.6) is 5.75 Å². The van der Waals surface area contributed by atoms with E-state index in [1.54, 1.807) is 0 Å². The van der Waals surface area contributed by atoms with Gasteiger partial charge in [-0.25, -0.2) is 0 Å². The number of halogens is 2. The number of carbonyl (C=O) groups excluding carboxylic acids is 1. The first-order valence-electron chi connectivity index (χ1n) is 3.69. The second kappa shape index (κ2) is 4.46. The molecular weight excluding hydrogens is 245 g/mol. The highest BCUT2D eigenvalue weighted by Crippen LogP contribution is 2.32. The number of benzene rings is 1. The van der Waals surface area contributed by atoms with Gasteiger partial charge >= 0.3 is 0 Å². The van der Waals surface area contributed by atoms with Crippen molar-refractivity contribution in [2.75, 3.05) is 7.11 Å². The van der Waals surface area contributed by atoms with Crippen molar-refractivity contribution in [3.8, 4) is 5.75 Å². The van der Waals surface area contributed by atoms with Gasteiger partial charge in [0.15, 0.2) is 0 Å². The van der Waals surface area contributed by atoms with Gasteiger partial charge in [-0.05, 0) is 11.6 Å². The van der Waals surface area contributed by atoms with Crippen LogP contribution >= 0.6 is 23.2 Å². The molecule has 0 bridgehead atoms. The number of carbonyl (C=O) groups is 1. The molecule has 80 valence electrons. The Kier molecular flexibility index (Phi) is 3.49. The number of ether oxygens (including phenoxy) is 1. The molecule has 0 spiro atoms. The van der Waals surface area contributed by atoms with Crippen molar-refractivity contribution < 1.29 is 14.5 Å². The quantitative estimate of drug-likeness (QED) is 0.469. The minimum absolute atomic E-state index is 0.0877. The third-order valence-corrected chi connectivity index (χ3v) is 2.18. The first-order chi connectivity index (χ1) is 6.97. The zero-order valence-electron chi connectivity index (χ0n) is 7.49. The summed E-state index contributed by atoms with van der Waals surface area (Å²) in [4.78, 5) is 20.7. The molecule has 0 aliphatic rings. The van der Waals surface area contributed by atoms with Gasteiger partial charge < -0.3 is 4.74 Å². The minimum Gasteiger partial charge on any atom is -0.496 e. The lowest BCUT2D eigenvalue weighted by molar-refractivity contribution is -0.384. The highest BCUT2D eigenvalue weighted by molar-refractivity contribution is 6.68. The van der Waals surface area contributed by atoms with Gasteiger partial charge in [0.1, 0.15) is 10.8 Å². The van der Waals surface area contributed by atoms with Crippen molar-refractivity contribution in [2.45, 2.75) is 0 Å². The maximum Gasteiger partial charge on any atom is 0.288 e. The molecule has 0 heterocycles. The van der Waals surface area contributed by atoms with E-state index in [1.165, 1.54) is 13.2 Å². The third-order valence-electron chi connectivity index (χ3n) is 1.68. The third kappa shape index (κ3) is 2.37. The molecule has 0 aliphatic carbocycles. The molecule has 5 nitrogen and oxygen atoms in total. The Morgan fingerprint density at radius 2 is 2.13 bits per heavy atom. The van der Waals surface area contributed by atoms with Crippen LogP contribution in [0, 0.1) is 10.1 Å². The number of hydrogen-bond acceptors (Lipinski definition) is 4. The Labute approximate surface area is 94.7 Å². The number of nitro groups is 1. The smallest absolute Gasteiger partial charge is 0.288 e. The van der Waals surface area contributed by atoms with Crippen LogP contribution in [0.4, 0.5) is 5.69 Å². The summed E-state index contributed by atoms with van der Waals surface area (Å²) in [5.74, 6) is 0.102.